The van der Waals surface area contributed by atoms with Crippen LogP contribution < -0.4 is 5.73 Å². The van der Waals surface area contributed by atoms with Crippen molar-refractivity contribution in [3.63, 3.8) is 0 Å². The number of rotatable bonds is 6. The van der Waals surface area contributed by atoms with Gasteiger partial charge in [0.1, 0.15) is 0 Å². The Bertz CT molecular complexity index is 471. The van der Waals surface area contributed by atoms with Crippen LogP contribution >= 0.6 is 0 Å². The SMILES string of the molecule is C/C=C(\N=NC)c1ccc(CCC)cc1.NCCN1CCCC1. The van der Waals surface area contributed by atoms with Crippen LogP contribution in [0, 0.1) is 0 Å². The smallest absolute Gasteiger partial charge is 0.0882 e. The number of benzene rings is 1. The highest BCUT2D eigenvalue weighted by atomic mass is 15.1. The molecule has 0 unspecified atom stereocenters. The van der Waals surface area contributed by atoms with Gasteiger partial charge in [-0.1, -0.05) is 43.7 Å². The summed E-state index contributed by atoms with van der Waals surface area (Å²) >= 11 is 0. The van der Waals surface area contributed by atoms with Crippen molar-refractivity contribution in [1.29, 1.82) is 0 Å². The Kier molecular flexibility index (Phi) is 10.2. The van der Waals surface area contributed by atoms with Gasteiger partial charge in [-0.2, -0.15) is 10.2 Å². The van der Waals surface area contributed by atoms with Crippen molar-refractivity contribution in [2.45, 2.75) is 39.5 Å². The fourth-order valence-electron chi connectivity index (χ4n) is 2.71. The molecule has 4 heteroatoms. The molecule has 0 bridgehead atoms. The molecule has 0 spiro atoms. The summed E-state index contributed by atoms with van der Waals surface area (Å²) in [6, 6.07) is 8.53. The molecule has 1 aromatic carbocycles. The third-order valence-corrected chi connectivity index (χ3v) is 3.91. The molecule has 4 nitrogen and oxygen atoms in total. The summed E-state index contributed by atoms with van der Waals surface area (Å²) in [6.45, 7) is 8.63. The van der Waals surface area contributed by atoms with Crippen molar-refractivity contribution in [3.05, 3.63) is 41.5 Å². The van der Waals surface area contributed by atoms with Gasteiger partial charge in [0.15, 0.2) is 0 Å². The predicted octanol–water partition coefficient (Wildman–Crippen LogP) is 4.12. The molecule has 0 aliphatic carbocycles. The van der Waals surface area contributed by atoms with Crippen LogP contribution in [0.25, 0.3) is 5.70 Å². The van der Waals surface area contributed by atoms with Gasteiger partial charge in [0.05, 0.1) is 5.70 Å². The van der Waals surface area contributed by atoms with E-state index in [1.54, 1.807) is 7.05 Å². The molecule has 2 rings (SSSR count). The van der Waals surface area contributed by atoms with Crippen molar-refractivity contribution >= 4 is 5.70 Å². The van der Waals surface area contributed by atoms with E-state index in [4.69, 9.17) is 5.73 Å². The number of hydrogen-bond donors (Lipinski definition) is 1. The number of hydrogen-bond acceptors (Lipinski definition) is 4. The van der Waals surface area contributed by atoms with Gasteiger partial charge in [0.2, 0.25) is 0 Å². The lowest BCUT2D eigenvalue weighted by molar-refractivity contribution is 0.349. The number of nitrogens with zero attached hydrogens (tertiary/aromatic N) is 3. The second-order valence-electron chi connectivity index (χ2n) is 5.76. The minimum atomic E-state index is 0.819. The maximum absolute atomic E-state index is 5.37. The summed E-state index contributed by atoms with van der Waals surface area (Å²) in [5, 5.41) is 7.87. The highest BCUT2D eigenvalue weighted by Gasteiger charge is 2.08. The maximum Gasteiger partial charge on any atom is 0.0882 e. The van der Waals surface area contributed by atoms with E-state index in [2.05, 4.69) is 46.3 Å². The third-order valence-electron chi connectivity index (χ3n) is 3.91. The molecular weight excluding hydrogens is 284 g/mol. The van der Waals surface area contributed by atoms with Gasteiger partial charge >= 0.3 is 0 Å². The average Bonchev–Trinajstić information content (AvgIpc) is 3.08. The first-order chi connectivity index (χ1) is 11.2. The molecule has 1 saturated heterocycles. The van der Waals surface area contributed by atoms with Gasteiger partial charge in [-0.25, -0.2) is 0 Å². The van der Waals surface area contributed by atoms with Crippen LogP contribution in [0.1, 0.15) is 44.2 Å². The standard InChI is InChI=1S/C13H18N2.C6H14N2/c1-4-6-11-7-9-12(10-8-11)13(5-2)15-14-3;7-3-6-8-4-1-2-5-8/h5,7-10H,4,6H2,1-3H3;1-7H2/b13-5-,15-14?;. The van der Waals surface area contributed by atoms with E-state index in [-0.39, 0.29) is 0 Å². The largest absolute Gasteiger partial charge is 0.329 e. The molecule has 2 N–H and O–H groups in total. The summed E-state index contributed by atoms with van der Waals surface area (Å²) in [6.07, 6.45) is 7.05. The summed E-state index contributed by atoms with van der Waals surface area (Å²) in [5.74, 6) is 0. The topological polar surface area (TPSA) is 54.0 Å². The van der Waals surface area contributed by atoms with E-state index in [0.717, 1.165) is 30.8 Å². The van der Waals surface area contributed by atoms with Crippen LogP contribution in [0.15, 0.2) is 40.6 Å². The third kappa shape index (κ3) is 7.53. The number of likely N-dealkylation sites (tertiary alicyclic amines) is 1. The monoisotopic (exact) mass is 316 g/mol. The molecule has 0 saturated carbocycles. The summed E-state index contributed by atoms with van der Waals surface area (Å²) in [7, 11) is 1.69. The average molecular weight is 316 g/mol. The van der Waals surface area contributed by atoms with Crippen LogP contribution in [-0.2, 0) is 6.42 Å². The summed E-state index contributed by atoms with van der Waals surface area (Å²) in [5.41, 5.74) is 8.81. The van der Waals surface area contributed by atoms with Gasteiger partial charge in [0.25, 0.3) is 0 Å². The Balaban J connectivity index is 0.000000277. The molecule has 128 valence electrons. The van der Waals surface area contributed by atoms with Crippen molar-refractivity contribution in [1.82, 2.24) is 4.90 Å². The van der Waals surface area contributed by atoms with E-state index < -0.39 is 0 Å². The maximum atomic E-state index is 5.37. The van der Waals surface area contributed by atoms with Gasteiger partial charge in [-0.05, 0) is 44.8 Å². The Hall–Kier alpha value is -1.52. The van der Waals surface area contributed by atoms with Crippen LogP contribution in [-0.4, -0.2) is 38.1 Å². The first kappa shape index (κ1) is 19.5. The molecule has 1 heterocycles. The zero-order chi connectivity index (χ0) is 16.9. The van der Waals surface area contributed by atoms with Crippen molar-refractivity contribution in [2.75, 3.05) is 33.2 Å². The molecule has 0 aromatic heterocycles. The number of allylic oxidation sites excluding steroid dienone is 1. The van der Waals surface area contributed by atoms with Crippen LogP contribution in [0.4, 0.5) is 0 Å². The second-order valence-corrected chi connectivity index (χ2v) is 5.76. The molecule has 1 aliphatic rings. The lowest BCUT2D eigenvalue weighted by Gasteiger charge is -2.11. The Labute approximate surface area is 141 Å². The molecule has 0 atom stereocenters. The lowest BCUT2D eigenvalue weighted by atomic mass is 10.1. The van der Waals surface area contributed by atoms with Gasteiger partial charge in [-0.3, -0.25) is 0 Å². The Morgan fingerprint density at radius 3 is 2.35 bits per heavy atom. The number of azo groups is 1. The molecule has 1 fully saturated rings. The fourth-order valence-corrected chi connectivity index (χ4v) is 2.71. The zero-order valence-corrected chi connectivity index (χ0v) is 15.0. The minimum absolute atomic E-state index is 0.819. The number of nitrogens with two attached hydrogens (primary N) is 1. The first-order valence-electron chi connectivity index (χ1n) is 8.73. The van der Waals surface area contributed by atoms with Crippen molar-refractivity contribution in [3.8, 4) is 0 Å². The molecular formula is C19H32N4. The quantitative estimate of drug-likeness (QED) is 0.803. The predicted molar refractivity (Wildman–Crippen MR) is 99.6 cm³/mol. The van der Waals surface area contributed by atoms with E-state index in [9.17, 15) is 0 Å². The molecule has 0 amide bonds. The van der Waals surface area contributed by atoms with E-state index in [0.29, 0.717) is 0 Å². The molecule has 1 aliphatic heterocycles. The minimum Gasteiger partial charge on any atom is -0.329 e. The number of aryl methyl sites for hydroxylation is 1. The van der Waals surface area contributed by atoms with Crippen LogP contribution in [0.5, 0.6) is 0 Å². The van der Waals surface area contributed by atoms with Crippen LogP contribution in [0.3, 0.4) is 0 Å². The first-order valence-corrected chi connectivity index (χ1v) is 8.73. The molecule has 1 aromatic rings. The van der Waals surface area contributed by atoms with Gasteiger partial charge in [-0.15, -0.1) is 0 Å². The molecule has 23 heavy (non-hydrogen) atoms. The Morgan fingerprint density at radius 1 is 1.22 bits per heavy atom. The van der Waals surface area contributed by atoms with E-state index >= 15 is 0 Å². The van der Waals surface area contributed by atoms with Crippen molar-refractivity contribution < 1.29 is 0 Å². The van der Waals surface area contributed by atoms with E-state index in [1.807, 2.05) is 13.0 Å². The highest BCUT2D eigenvalue weighted by Crippen LogP contribution is 2.17. The lowest BCUT2D eigenvalue weighted by Crippen LogP contribution is -2.26. The van der Waals surface area contributed by atoms with Crippen molar-refractivity contribution in [2.24, 2.45) is 16.0 Å². The normalized spacial score (nSPS) is 15.7. The highest BCUT2D eigenvalue weighted by molar-refractivity contribution is 5.63. The zero-order valence-electron chi connectivity index (χ0n) is 15.0. The Morgan fingerprint density at radius 2 is 1.87 bits per heavy atom. The van der Waals surface area contributed by atoms with Crippen LogP contribution in [0.2, 0.25) is 0 Å². The van der Waals surface area contributed by atoms with Gasteiger partial charge in [0, 0.05) is 25.7 Å². The second kappa shape index (κ2) is 12.0. The van der Waals surface area contributed by atoms with Gasteiger partial charge < -0.3 is 10.6 Å². The molecule has 0 radical (unpaired) electrons. The fraction of sp³-hybridized carbons (Fsp3) is 0.579. The van der Waals surface area contributed by atoms with E-state index in [1.165, 1.54) is 37.9 Å². The summed E-state index contributed by atoms with van der Waals surface area (Å²) in [4.78, 5) is 2.42. The summed E-state index contributed by atoms with van der Waals surface area (Å²) < 4.78 is 0.